The van der Waals surface area contributed by atoms with Gasteiger partial charge in [0, 0.05) is 38.3 Å². The van der Waals surface area contributed by atoms with Crippen molar-refractivity contribution in [3.8, 4) is 0 Å². The van der Waals surface area contributed by atoms with E-state index >= 15 is 0 Å². The van der Waals surface area contributed by atoms with Crippen LogP contribution in [0.2, 0.25) is 0 Å². The van der Waals surface area contributed by atoms with Crippen LogP contribution in [0.25, 0.3) is 0 Å². The third-order valence-corrected chi connectivity index (χ3v) is 3.94. The molecule has 4 heteroatoms. The van der Waals surface area contributed by atoms with E-state index in [4.69, 9.17) is 5.73 Å². The van der Waals surface area contributed by atoms with Gasteiger partial charge in [-0.25, -0.2) is 0 Å². The predicted molar refractivity (Wildman–Crippen MR) is 86.4 cm³/mol. The fourth-order valence-corrected chi connectivity index (χ4v) is 2.92. The molecule has 0 atom stereocenters. The molecule has 21 heavy (non-hydrogen) atoms. The fraction of sp³-hybridized carbons (Fsp3) is 0.588. The molecule has 0 saturated carbocycles. The van der Waals surface area contributed by atoms with Crippen molar-refractivity contribution in [3.63, 3.8) is 0 Å². The summed E-state index contributed by atoms with van der Waals surface area (Å²) in [4.78, 5) is 17.1. The van der Waals surface area contributed by atoms with Crippen LogP contribution in [0.3, 0.4) is 0 Å². The number of benzene rings is 1. The Bertz CT molecular complexity index is 465. The Morgan fingerprint density at radius 2 is 1.86 bits per heavy atom. The summed E-state index contributed by atoms with van der Waals surface area (Å²) in [6.45, 7) is 9.76. The topological polar surface area (TPSA) is 49.6 Å². The van der Waals surface area contributed by atoms with E-state index in [1.54, 1.807) is 0 Å². The summed E-state index contributed by atoms with van der Waals surface area (Å²) < 4.78 is 0. The van der Waals surface area contributed by atoms with Crippen LogP contribution in [-0.2, 0) is 6.42 Å². The number of rotatable bonds is 5. The zero-order chi connectivity index (χ0) is 15.2. The van der Waals surface area contributed by atoms with Crippen LogP contribution in [0.4, 0.5) is 0 Å². The minimum Gasteiger partial charge on any atom is -0.336 e. The largest absolute Gasteiger partial charge is 0.336 e. The first-order chi connectivity index (χ1) is 10.1. The van der Waals surface area contributed by atoms with E-state index in [-0.39, 0.29) is 5.91 Å². The van der Waals surface area contributed by atoms with Gasteiger partial charge in [0.2, 0.25) is 0 Å². The third-order valence-electron chi connectivity index (χ3n) is 3.94. The first kappa shape index (κ1) is 16.0. The summed E-state index contributed by atoms with van der Waals surface area (Å²) in [5.74, 6) is 0.834. The second-order valence-electron chi connectivity index (χ2n) is 6.18. The van der Waals surface area contributed by atoms with E-state index in [2.05, 4.69) is 18.7 Å². The van der Waals surface area contributed by atoms with Gasteiger partial charge >= 0.3 is 0 Å². The molecule has 1 heterocycles. The average molecular weight is 289 g/mol. The zero-order valence-corrected chi connectivity index (χ0v) is 13.2. The third kappa shape index (κ3) is 4.29. The molecule has 1 fully saturated rings. The quantitative estimate of drug-likeness (QED) is 0.896. The SMILES string of the molecule is CC(C)CN1CCN(C(=O)c2ccccc2CCN)CC1. The Hall–Kier alpha value is -1.39. The van der Waals surface area contributed by atoms with E-state index in [1.165, 1.54) is 0 Å². The Balaban J connectivity index is 1.99. The van der Waals surface area contributed by atoms with Gasteiger partial charge in [-0.15, -0.1) is 0 Å². The minimum atomic E-state index is 0.156. The van der Waals surface area contributed by atoms with Crippen LogP contribution in [0, 0.1) is 5.92 Å². The number of nitrogens with zero attached hydrogens (tertiary/aromatic N) is 2. The molecule has 1 saturated heterocycles. The fourth-order valence-electron chi connectivity index (χ4n) is 2.92. The molecular weight excluding hydrogens is 262 g/mol. The zero-order valence-electron chi connectivity index (χ0n) is 13.2. The first-order valence-corrected chi connectivity index (χ1v) is 7.91. The van der Waals surface area contributed by atoms with Crippen molar-refractivity contribution in [1.29, 1.82) is 0 Å². The molecule has 0 aromatic heterocycles. The second kappa shape index (κ2) is 7.57. The molecular formula is C17H27N3O. The maximum atomic E-state index is 12.7. The Kier molecular flexibility index (Phi) is 5.76. The van der Waals surface area contributed by atoms with Gasteiger partial charge in [0.1, 0.15) is 0 Å². The number of carbonyl (C=O) groups is 1. The van der Waals surface area contributed by atoms with E-state index in [0.717, 1.165) is 50.3 Å². The molecule has 0 radical (unpaired) electrons. The highest BCUT2D eigenvalue weighted by molar-refractivity contribution is 5.95. The molecule has 1 aromatic rings. The number of hydrogen-bond acceptors (Lipinski definition) is 3. The Labute approximate surface area is 127 Å². The van der Waals surface area contributed by atoms with Crippen LogP contribution in [-0.4, -0.2) is 55.0 Å². The van der Waals surface area contributed by atoms with Gasteiger partial charge in [-0.2, -0.15) is 0 Å². The van der Waals surface area contributed by atoms with Crippen molar-refractivity contribution in [3.05, 3.63) is 35.4 Å². The van der Waals surface area contributed by atoms with Crippen LogP contribution in [0.15, 0.2) is 24.3 Å². The lowest BCUT2D eigenvalue weighted by molar-refractivity contribution is 0.0623. The maximum absolute atomic E-state index is 12.7. The monoisotopic (exact) mass is 289 g/mol. The molecule has 2 N–H and O–H groups in total. The van der Waals surface area contributed by atoms with Crippen molar-refractivity contribution >= 4 is 5.91 Å². The maximum Gasteiger partial charge on any atom is 0.254 e. The van der Waals surface area contributed by atoms with E-state index < -0.39 is 0 Å². The van der Waals surface area contributed by atoms with E-state index in [9.17, 15) is 4.79 Å². The van der Waals surface area contributed by atoms with E-state index in [1.807, 2.05) is 29.2 Å². The van der Waals surface area contributed by atoms with Crippen LogP contribution in [0.1, 0.15) is 29.8 Å². The van der Waals surface area contributed by atoms with Crippen molar-refractivity contribution in [2.24, 2.45) is 11.7 Å². The second-order valence-corrected chi connectivity index (χ2v) is 6.18. The molecule has 2 rings (SSSR count). The van der Waals surface area contributed by atoms with Gasteiger partial charge < -0.3 is 10.6 Å². The lowest BCUT2D eigenvalue weighted by atomic mass is 10.0. The molecule has 0 unspecified atom stereocenters. The number of piperazine rings is 1. The summed E-state index contributed by atoms with van der Waals surface area (Å²) in [7, 11) is 0. The van der Waals surface area contributed by atoms with E-state index in [0.29, 0.717) is 12.5 Å². The normalized spacial score (nSPS) is 16.5. The summed E-state index contributed by atoms with van der Waals surface area (Å²) in [6.07, 6.45) is 0.759. The number of carbonyl (C=O) groups excluding carboxylic acids is 1. The highest BCUT2D eigenvalue weighted by Gasteiger charge is 2.23. The highest BCUT2D eigenvalue weighted by Crippen LogP contribution is 2.14. The van der Waals surface area contributed by atoms with Gasteiger partial charge in [0.25, 0.3) is 5.91 Å². The van der Waals surface area contributed by atoms with Crippen molar-refractivity contribution in [2.45, 2.75) is 20.3 Å². The summed E-state index contributed by atoms with van der Waals surface area (Å²) in [5, 5.41) is 0. The Morgan fingerprint density at radius 1 is 1.19 bits per heavy atom. The summed E-state index contributed by atoms with van der Waals surface area (Å²) in [5.41, 5.74) is 7.53. The van der Waals surface area contributed by atoms with Gasteiger partial charge in [-0.3, -0.25) is 9.69 Å². The molecule has 116 valence electrons. The average Bonchev–Trinajstić information content (AvgIpc) is 2.48. The Morgan fingerprint density at radius 3 is 2.48 bits per heavy atom. The van der Waals surface area contributed by atoms with Crippen molar-refractivity contribution in [1.82, 2.24) is 9.80 Å². The lowest BCUT2D eigenvalue weighted by Crippen LogP contribution is -2.49. The van der Waals surface area contributed by atoms with Gasteiger partial charge in [-0.05, 0) is 30.5 Å². The molecule has 0 bridgehead atoms. The predicted octanol–water partition coefficient (Wildman–Crippen LogP) is 1.60. The summed E-state index contributed by atoms with van der Waals surface area (Å²) in [6, 6.07) is 7.84. The van der Waals surface area contributed by atoms with Gasteiger partial charge in [0.05, 0.1) is 0 Å². The van der Waals surface area contributed by atoms with Crippen molar-refractivity contribution < 1.29 is 4.79 Å². The smallest absolute Gasteiger partial charge is 0.254 e. The molecule has 0 aliphatic carbocycles. The molecule has 1 aromatic carbocycles. The standard InChI is InChI=1S/C17H27N3O/c1-14(2)13-19-9-11-20(12-10-19)17(21)16-6-4-3-5-15(16)7-8-18/h3-6,14H,7-13,18H2,1-2H3. The molecule has 1 aliphatic rings. The van der Waals surface area contributed by atoms with Crippen LogP contribution < -0.4 is 5.73 Å². The number of nitrogens with two attached hydrogens (primary N) is 1. The highest BCUT2D eigenvalue weighted by atomic mass is 16.2. The molecule has 0 spiro atoms. The van der Waals surface area contributed by atoms with Gasteiger partial charge in [-0.1, -0.05) is 32.0 Å². The van der Waals surface area contributed by atoms with Crippen LogP contribution in [0.5, 0.6) is 0 Å². The summed E-state index contributed by atoms with van der Waals surface area (Å²) >= 11 is 0. The number of hydrogen-bond donors (Lipinski definition) is 1. The minimum absolute atomic E-state index is 0.156. The van der Waals surface area contributed by atoms with Crippen LogP contribution >= 0.6 is 0 Å². The van der Waals surface area contributed by atoms with Crippen molar-refractivity contribution in [2.75, 3.05) is 39.3 Å². The van der Waals surface area contributed by atoms with Gasteiger partial charge in [0.15, 0.2) is 0 Å². The number of amides is 1. The molecule has 1 aliphatic heterocycles. The molecule has 1 amide bonds. The first-order valence-electron chi connectivity index (χ1n) is 7.91. The lowest BCUT2D eigenvalue weighted by Gasteiger charge is -2.35. The molecule has 4 nitrogen and oxygen atoms in total.